The average Bonchev–Trinajstić information content (AvgIpc) is 3.83. The lowest BCUT2D eigenvalue weighted by Crippen LogP contribution is -2.43. The summed E-state index contributed by atoms with van der Waals surface area (Å²) in [4.78, 5) is 37.9. The van der Waals surface area contributed by atoms with Crippen LogP contribution in [-0.4, -0.2) is 95.4 Å². The summed E-state index contributed by atoms with van der Waals surface area (Å²) in [5.74, 6) is -0.176. The molecule has 4 aliphatic rings. The number of nitrogens with zero attached hydrogens (tertiary/aromatic N) is 5. The Bertz CT molecular complexity index is 1990. The number of nitrogens with one attached hydrogen (secondary N) is 1. The Hall–Kier alpha value is -4.04. The number of pyridine rings is 1. The number of imidazole rings is 1. The first-order valence-corrected chi connectivity index (χ1v) is 19.1. The molecular weight excluding hydrogens is 680 g/mol. The van der Waals surface area contributed by atoms with Crippen LogP contribution in [0.3, 0.4) is 0 Å². The van der Waals surface area contributed by atoms with Gasteiger partial charge in [0.15, 0.2) is 0 Å². The SMILES string of the molecule is COC1(C(=O)NC(C2=Cc3cccnc3C(=C3CCN(C(=O)OC4CCN(S(C)(=O)=O)CC4)CC3)c3ccc(Cl)cc32)c2cncn2C)CC1. The number of amides is 2. The number of likely N-dealkylation sites (tertiary alicyclic amines) is 1. The molecule has 1 unspecified atom stereocenters. The number of aromatic nitrogens is 3. The van der Waals surface area contributed by atoms with Gasteiger partial charge in [-0.1, -0.05) is 29.3 Å². The number of carbonyl (C=O) groups excluding carboxylic acids is 2. The maximum atomic E-state index is 13.7. The molecule has 3 fully saturated rings. The van der Waals surface area contributed by atoms with Gasteiger partial charge in [-0.2, -0.15) is 0 Å². The Labute approximate surface area is 297 Å². The van der Waals surface area contributed by atoms with Crippen molar-refractivity contribution in [2.24, 2.45) is 7.05 Å². The number of piperidine rings is 2. The summed E-state index contributed by atoms with van der Waals surface area (Å²) in [6, 6.07) is 9.18. The fraction of sp³-hybridized carbons (Fsp3) is 0.444. The van der Waals surface area contributed by atoms with Crippen molar-refractivity contribution in [3.05, 3.63) is 87.7 Å². The lowest BCUT2D eigenvalue weighted by Gasteiger charge is -2.33. The minimum absolute atomic E-state index is 0.176. The zero-order chi connectivity index (χ0) is 35.2. The van der Waals surface area contributed by atoms with Crippen molar-refractivity contribution in [2.75, 3.05) is 39.5 Å². The molecule has 2 saturated heterocycles. The second-order valence-corrected chi connectivity index (χ2v) is 15.9. The maximum absolute atomic E-state index is 13.7. The van der Waals surface area contributed by atoms with E-state index in [0.29, 0.717) is 69.7 Å². The monoisotopic (exact) mass is 720 g/mol. The lowest BCUT2D eigenvalue weighted by atomic mass is 9.86. The van der Waals surface area contributed by atoms with Crippen LogP contribution in [0.4, 0.5) is 4.79 Å². The fourth-order valence-corrected chi connectivity index (χ4v) is 8.30. The summed E-state index contributed by atoms with van der Waals surface area (Å²) in [5, 5.41) is 3.85. The molecule has 0 spiro atoms. The summed E-state index contributed by atoms with van der Waals surface area (Å²) in [6.07, 6.45) is 11.4. The number of hydrogen-bond donors (Lipinski definition) is 1. The van der Waals surface area contributed by atoms with Gasteiger partial charge in [0.2, 0.25) is 10.0 Å². The van der Waals surface area contributed by atoms with E-state index in [-0.39, 0.29) is 18.1 Å². The zero-order valence-electron chi connectivity index (χ0n) is 28.4. The van der Waals surface area contributed by atoms with E-state index >= 15 is 0 Å². The number of hydrogen-bond acceptors (Lipinski definition) is 8. The highest BCUT2D eigenvalue weighted by atomic mass is 35.5. The molecule has 1 N–H and O–H groups in total. The van der Waals surface area contributed by atoms with E-state index in [1.807, 2.05) is 41.9 Å². The van der Waals surface area contributed by atoms with E-state index < -0.39 is 21.7 Å². The smallest absolute Gasteiger partial charge is 0.410 e. The highest BCUT2D eigenvalue weighted by Gasteiger charge is 2.51. The fourth-order valence-electron chi connectivity index (χ4n) is 7.25. The van der Waals surface area contributed by atoms with Gasteiger partial charge < -0.3 is 24.3 Å². The van der Waals surface area contributed by atoms with E-state index in [9.17, 15) is 18.0 Å². The second kappa shape index (κ2) is 13.6. The zero-order valence-corrected chi connectivity index (χ0v) is 30.0. The van der Waals surface area contributed by atoms with E-state index in [0.717, 1.165) is 44.8 Å². The molecule has 7 rings (SSSR count). The summed E-state index contributed by atoms with van der Waals surface area (Å²) >= 11 is 6.70. The first kappa shape index (κ1) is 34.4. The van der Waals surface area contributed by atoms with Gasteiger partial charge in [0.1, 0.15) is 11.7 Å². The Balaban J connectivity index is 1.21. The molecule has 264 valence electrons. The van der Waals surface area contributed by atoms with Crippen LogP contribution in [0.2, 0.25) is 5.02 Å². The third-order valence-corrected chi connectivity index (χ3v) is 11.8. The van der Waals surface area contributed by atoms with Crippen LogP contribution in [0.15, 0.2) is 54.6 Å². The van der Waals surface area contributed by atoms with Crippen LogP contribution in [0.1, 0.15) is 72.6 Å². The van der Waals surface area contributed by atoms with Crippen molar-refractivity contribution in [2.45, 2.75) is 56.3 Å². The second-order valence-electron chi connectivity index (χ2n) is 13.5. The first-order valence-electron chi connectivity index (χ1n) is 16.9. The molecule has 4 heterocycles. The first-order chi connectivity index (χ1) is 24.0. The molecule has 2 amide bonds. The quantitative estimate of drug-likeness (QED) is 0.367. The van der Waals surface area contributed by atoms with E-state index in [1.54, 1.807) is 30.7 Å². The van der Waals surface area contributed by atoms with Crippen LogP contribution in [0.5, 0.6) is 0 Å². The van der Waals surface area contributed by atoms with Crippen molar-refractivity contribution in [1.29, 1.82) is 0 Å². The molecule has 1 saturated carbocycles. The molecule has 2 aliphatic heterocycles. The number of fused-ring (bicyclic) bond motifs is 2. The van der Waals surface area contributed by atoms with Gasteiger partial charge in [-0.15, -0.1) is 0 Å². The van der Waals surface area contributed by atoms with Gasteiger partial charge in [-0.3, -0.25) is 9.78 Å². The van der Waals surface area contributed by atoms with Crippen molar-refractivity contribution in [3.8, 4) is 0 Å². The van der Waals surface area contributed by atoms with E-state index in [1.165, 1.54) is 10.6 Å². The van der Waals surface area contributed by atoms with Gasteiger partial charge in [-0.25, -0.2) is 22.5 Å². The molecule has 0 radical (unpaired) electrons. The predicted octanol–water partition coefficient (Wildman–Crippen LogP) is 4.82. The van der Waals surface area contributed by atoms with Gasteiger partial charge in [0.25, 0.3) is 5.91 Å². The third-order valence-electron chi connectivity index (χ3n) is 10.3. The highest BCUT2D eigenvalue weighted by molar-refractivity contribution is 7.88. The minimum atomic E-state index is -3.26. The lowest BCUT2D eigenvalue weighted by molar-refractivity contribution is -0.134. The molecule has 3 aromatic rings. The molecular formula is C36H41ClN6O6S. The third kappa shape index (κ3) is 6.71. The van der Waals surface area contributed by atoms with Crippen LogP contribution >= 0.6 is 11.6 Å². The summed E-state index contributed by atoms with van der Waals surface area (Å²) in [6.45, 7) is 1.63. The van der Waals surface area contributed by atoms with Crippen LogP contribution in [-0.2, 0) is 31.3 Å². The molecule has 1 atom stereocenters. The van der Waals surface area contributed by atoms with Crippen LogP contribution in [0.25, 0.3) is 17.2 Å². The van der Waals surface area contributed by atoms with E-state index in [2.05, 4.69) is 16.4 Å². The molecule has 2 aliphatic carbocycles. The average molecular weight is 721 g/mol. The molecule has 2 aromatic heterocycles. The van der Waals surface area contributed by atoms with Gasteiger partial charge in [-0.05, 0) is 79.5 Å². The van der Waals surface area contributed by atoms with Crippen LogP contribution in [0, 0.1) is 0 Å². The van der Waals surface area contributed by atoms with Gasteiger partial charge in [0, 0.05) is 62.7 Å². The molecule has 50 heavy (non-hydrogen) atoms. The highest BCUT2D eigenvalue weighted by Crippen LogP contribution is 2.46. The maximum Gasteiger partial charge on any atom is 0.410 e. The van der Waals surface area contributed by atoms with Gasteiger partial charge >= 0.3 is 6.09 Å². The number of sulfonamides is 1. The number of rotatable bonds is 7. The van der Waals surface area contributed by atoms with E-state index in [4.69, 9.17) is 26.1 Å². The number of methoxy groups -OCH3 is 1. The van der Waals surface area contributed by atoms with Crippen molar-refractivity contribution >= 4 is 50.8 Å². The Morgan fingerprint density at radius 3 is 2.46 bits per heavy atom. The molecule has 0 bridgehead atoms. The standard InChI is InChI=1S/C36H41ClN6O6S/c1-41-22-38-21-30(41)33(40-34(44)36(48-2)12-13-36)29-19-24-5-4-14-39-32(24)31(27-7-6-25(37)20-28(27)29)23-8-15-42(16-9-23)35(45)49-26-10-17-43(18-11-26)50(3,46)47/h4-7,14,19-22,26,33H,8-13,15-18H2,1-3H3,(H,40,44). The van der Waals surface area contributed by atoms with Crippen molar-refractivity contribution in [1.82, 2.24) is 29.1 Å². The predicted molar refractivity (Wildman–Crippen MR) is 189 cm³/mol. The number of halogens is 1. The molecule has 12 nitrogen and oxygen atoms in total. The molecule has 14 heteroatoms. The Morgan fingerprint density at radius 2 is 1.82 bits per heavy atom. The molecule has 1 aromatic carbocycles. The van der Waals surface area contributed by atoms with Crippen LogP contribution < -0.4 is 5.32 Å². The number of carbonyl (C=O) groups is 2. The van der Waals surface area contributed by atoms with Crippen molar-refractivity contribution < 1.29 is 27.5 Å². The Kier molecular flexibility index (Phi) is 9.35. The van der Waals surface area contributed by atoms with Gasteiger partial charge in [0.05, 0.1) is 36.2 Å². The van der Waals surface area contributed by atoms with Crippen molar-refractivity contribution in [3.63, 3.8) is 0 Å². The minimum Gasteiger partial charge on any atom is -0.446 e. The summed E-state index contributed by atoms with van der Waals surface area (Å²) in [7, 11) is 0.214. The normalized spacial score (nSPS) is 19.9. The largest absolute Gasteiger partial charge is 0.446 e. The number of ether oxygens (including phenoxy) is 2. The summed E-state index contributed by atoms with van der Waals surface area (Å²) < 4.78 is 38.6. The Morgan fingerprint density at radius 1 is 1.08 bits per heavy atom. The number of benzene rings is 1. The number of aryl methyl sites for hydroxylation is 1. The topological polar surface area (TPSA) is 136 Å². The summed E-state index contributed by atoms with van der Waals surface area (Å²) in [5.41, 5.74) is 6.49.